The van der Waals surface area contributed by atoms with Crippen molar-refractivity contribution in [3.05, 3.63) is 16.2 Å². The number of nitrogens with zero attached hydrogens (tertiary/aromatic N) is 1. The van der Waals surface area contributed by atoms with E-state index < -0.39 is 0 Å². The third-order valence-corrected chi connectivity index (χ3v) is 2.74. The smallest absolute Gasteiger partial charge is 0.0426 e. The first kappa shape index (κ1) is 6.01. The lowest BCUT2D eigenvalue weighted by molar-refractivity contribution is -0.475. The maximum atomic E-state index is 10.4. The predicted octanol–water partition coefficient (Wildman–Crippen LogP) is 1.62. The molecule has 0 unspecified atom stereocenters. The summed E-state index contributed by atoms with van der Waals surface area (Å²) in [4.78, 5) is 10.2. The molecule has 0 saturated heterocycles. The maximum Gasteiger partial charge on any atom is -0.0426 e. The Morgan fingerprint density at radius 2 is 2.30 bits per heavy atom. The number of hydrogen-bond acceptors (Lipinski definition) is 2. The molecule has 0 aliphatic heterocycles. The Labute approximate surface area is 59.6 Å². The SMILES string of the molecule is O=[N+]([O-])[C-]1C[C@@H]2CC[C@H]1C2. The summed E-state index contributed by atoms with van der Waals surface area (Å²) in [6, 6.07) is 0.608. The zero-order valence-corrected chi connectivity index (χ0v) is 5.75. The first-order valence-corrected chi connectivity index (χ1v) is 3.77. The first-order chi connectivity index (χ1) is 4.77. The van der Waals surface area contributed by atoms with Crippen molar-refractivity contribution in [2.24, 2.45) is 11.8 Å². The predicted molar refractivity (Wildman–Crippen MR) is 35.7 cm³/mol. The molecule has 2 saturated carbocycles. The Morgan fingerprint density at radius 1 is 1.50 bits per heavy atom. The van der Waals surface area contributed by atoms with E-state index in [9.17, 15) is 10.1 Å². The molecule has 0 radical (unpaired) electrons. The summed E-state index contributed by atoms with van der Waals surface area (Å²) < 4.78 is 0. The largest absolute Gasteiger partial charge is 0.295 e. The molecule has 56 valence electrons. The van der Waals surface area contributed by atoms with Gasteiger partial charge in [-0.25, -0.2) is 0 Å². The third kappa shape index (κ3) is 0.696. The summed E-state index contributed by atoms with van der Waals surface area (Å²) in [5.41, 5.74) is 0. The Hall–Kier alpha value is -0.730. The average molecular weight is 140 g/mol. The van der Waals surface area contributed by atoms with Gasteiger partial charge in [0.2, 0.25) is 0 Å². The second-order valence-electron chi connectivity index (χ2n) is 3.33. The van der Waals surface area contributed by atoms with Crippen molar-refractivity contribution in [1.82, 2.24) is 0 Å². The Kier molecular flexibility index (Phi) is 1.13. The van der Waals surface area contributed by atoms with Gasteiger partial charge < -0.3 is 0 Å². The normalized spacial score (nSPS) is 37.0. The molecule has 3 nitrogen and oxygen atoms in total. The number of hydrogen-bond donors (Lipinski definition) is 0. The fourth-order valence-corrected chi connectivity index (χ4v) is 2.25. The lowest BCUT2D eigenvalue weighted by Gasteiger charge is -2.25. The molecule has 0 heterocycles. The highest BCUT2D eigenvalue weighted by Crippen LogP contribution is 2.49. The number of fused-ring (bicyclic) bond motifs is 2. The van der Waals surface area contributed by atoms with Gasteiger partial charge in [0.05, 0.1) is 0 Å². The van der Waals surface area contributed by atoms with E-state index in [0.29, 0.717) is 17.9 Å². The van der Waals surface area contributed by atoms with Gasteiger partial charge in [-0.1, -0.05) is 37.5 Å². The summed E-state index contributed by atoms with van der Waals surface area (Å²) in [6.07, 6.45) is 4.16. The van der Waals surface area contributed by atoms with Crippen LogP contribution in [0.5, 0.6) is 0 Å². The molecular formula is C7H10NO2-. The van der Waals surface area contributed by atoms with Crippen LogP contribution in [-0.2, 0) is 0 Å². The number of rotatable bonds is 1. The van der Waals surface area contributed by atoms with Crippen molar-refractivity contribution >= 4 is 0 Å². The number of nitro groups is 1. The van der Waals surface area contributed by atoms with E-state index >= 15 is 0 Å². The highest BCUT2D eigenvalue weighted by molar-refractivity contribution is 5.01. The van der Waals surface area contributed by atoms with Gasteiger partial charge >= 0.3 is 0 Å². The maximum absolute atomic E-state index is 10.4. The van der Waals surface area contributed by atoms with Crippen LogP contribution in [0.2, 0.25) is 0 Å². The van der Waals surface area contributed by atoms with E-state index in [0.717, 1.165) is 19.3 Å². The fraction of sp³-hybridized carbons (Fsp3) is 0.857. The third-order valence-electron chi connectivity index (χ3n) is 2.74. The molecule has 0 aromatic carbocycles. The van der Waals surface area contributed by atoms with Crippen molar-refractivity contribution in [2.75, 3.05) is 0 Å². The summed E-state index contributed by atoms with van der Waals surface area (Å²) in [7, 11) is 0. The average Bonchev–Trinajstić information content (AvgIpc) is 2.44. The Morgan fingerprint density at radius 3 is 2.60 bits per heavy atom. The van der Waals surface area contributed by atoms with Crippen LogP contribution in [-0.4, -0.2) is 4.92 Å². The van der Waals surface area contributed by atoms with Crippen molar-refractivity contribution < 1.29 is 4.92 Å². The van der Waals surface area contributed by atoms with Crippen LogP contribution < -0.4 is 0 Å². The summed E-state index contributed by atoms with van der Waals surface area (Å²) in [6.45, 7) is 0. The Balaban J connectivity index is 2.08. The van der Waals surface area contributed by atoms with Crippen LogP contribution in [0.1, 0.15) is 25.7 Å². The fourth-order valence-electron chi connectivity index (χ4n) is 2.25. The molecule has 0 amide bonds. The van der Waals surface area contributed by atoms with Crippen molar-refractivity contribution in [2.45, 2.75) is 25.7 Å². The highest BCUT2D eigenvalue weighted by atomic mass is 16.6. The standard InChI is InChI=1S/C7H10NO2/c9-8(10)7-4-5-1-2-6(7)3-5/h5-6H,1-4H2/q-1/t5-,6+/m1/s1. The Bertz CT molecular complexity index is 169. The van der Waals surface area contributed by atoms with Crippen molar-refractivity contribution in [3.8, 4) is 0 Å². The van der Waals surface area contributed by atoms with Gasteiger partial charge in [-0.3, -0.25) is 10.1 Å². The van der Waals surface area contributed by atoms with Crippen LogP contribution in [0.4, 0.5) is 0 Å². The van der Waals surface area contributed by atoms with Crippen molar-refractivity contribution in [3.63, 3.8) is 0 Å². The lowest BCUT2D eigenvalue weighted by Crippen LogP contribution is -2.16. The molecule has 2 fully saturated rings. The zero-order valence-electron chi connectivity index (χ0n) is 5.75. The topological polar surface area (TPSA) is 43.1 Å². The van der Waals surface area contributed by atoms with Gasteiger partial charge in [0.25, 0.3) is 0 Å². The van der Waals surface area contributed by atoms with E-state index in [1.54, 1.807) is 0 Å². The van der Waals surface area contributed by atoms with E-state index in [-0.39, 0.29) is 4.92 Å². The van der Waals surface area contributed by atoms with Gasteiger partial charge in [-0.2, -0.15) is 0 Å². The van der Waals surface area contributed by atoms with Gasteiger partial charge in [0, 0.05) is 0 Å². The van der Waals surface area contributed by atoms with Gasteiger partial charge in [-0.05, 0) is 6.04 Å². The molecule has 0 aromatic rings. The van der Waals surface area contributed by atoms with Gasteiger partial charge in [0.15, 0.2) is 0 Å². The van der Waals surface area contributed by atoms with Gasteiger partial charge in [-0.15, -0.1) is 4.92 Å². The van der Waals surface area contributed by atoms with E-state index in [1.807, 2.05) is 0 Å². The van der Waals surface area contributed by atoms with Gasteiger partial charge in [0.1, 0.15) is 0 Å². The molecule has 0 spiro atoms. The van der Waals surface area contributed by atoms with Crippen LogP contribution in [0.25, 0.3) is 0 Å². The van der Waals surface area contributed by atoms with E-state index in [2.05, 4.69) is 0 Å². The second-order valence-corrected chi connectivity index (χ2v) is 3.33. The molecule has 3 heteroatoms. The van der Waals surface area contributed by atoms with Crippen molar-refractivity contribution in [1.29, 1.82) is 0 Å². The molecule has 2 aliphatic rings. The minimum Gasteiger partial charge on any atom is -0.295 e. The first-order valence-electron chi connectivity index (χ1n) is 3.77. The quantitative estimate of drug-likeness (QED) is 0.315. The molecule has 0 N–H and O–H groups in total. The highest BCUT2D eigenvalue weighted by Gasteiger charge is 2.35. The minimum atomic E-state index is -0.163. The minimum absolute atomic E-state index is 0.163. The van der Waals surface area contributed by atoms with Crippen LogP contribution >= 0.6 is 0 Å². The molecule has 2 atom stereocenters. The monoisotopic (exact) mass is 140 g/mol. The van der Waals surface area contributed by atoms with Crippen LogP contribution in [0.15, 0.2) is 0 Å². The molecule has 10 heavy (non-hydrogen) atoms. The van der Waals surface area contributed by atoms with E-state index in [4.69, 9.17) is 0 Å². The molecule has 0 aromatic heterocycles. The summed E-state index contributed by atoms with van der Waals surface area (Å²) in [5, 5.41) is 10.4. The second kappa shape index (κ2) is 1.87. The zero-order chi connectivity index (χ0) is 7.14. The van der Waals surface area contributed by atoms with E-state index in [1.165, 1.54) is 6.42 Å². The molecule has 2 aliphatic carbocycles. The van der Waals surface area contributed by atoms with Crippen LogP contribution in [0, 0.1) is 28.0 Å². The lowest BCUT2D eigenvalue weighted by atomic mass is 9.96. The molecular weight excluding hydrogens is 130 g/mol. The summed E-state index contributed by atoms with van der Waals surface area (Å²) >= 11 is 0. The summed E-state index contributed by atoms with van der Waals surface area (Å²) in [5.74, 6) is 1.00. The van der Waals surface area contributed by atoms with Crippen LogP contribution in [0.3, 0.4) is 0 Å². The molecule has 2 rings (SSSR count). The molecule has 2 bridgehead atoms.